The number of hydrogen-bond donors (Lipinski definition) is 0. The van der Waals surface area contributed by atoms with Crippen molar-refractivity contribution >= 4 is 23.2 Å². The van der Waals surface area contributed by atoms with E-state index in [0.29, 0.717) is 35.5 Å². The summed E-state index contributed by atoms with van der Waals surface area (Å²) < 4.78 is 12.8. The lowest BCUT2D eigenvalue weighted by Crippen LogP contribution is -2.28. The zero-order valence-corrected chi connectivity index (χ0v) is 29.3. The fourth-order valence-corrected chi connectivity index (χ4v) is 6.82. The highest BCUT2D eigenvalue weighted by Crippen LogP contribution is 2.40. The predicted octanol–water partition coefficient (Wildman–Crippen LogP) is 7.92. The molecule has 2 unspecified atom stereocenters. The third-order valence-electron chi connectivity index (χ3n) is 9.46. The maximum Gasteiger partial charge on any atom is 0.274 e. The average Bonchev–Trinajstić information content (AvgIpc) is 3.90. The molecular formula is C44H36N6O4. The molecule has 2 amide bonds. The fourth-order valence-electron chi connectivity index (χ4n) is 6.82. The monoisotopic (exact) mass is 712 g/mol. The van der Waals surface area contributed by atoms with Crippen molar-refractivity contribution in [2.75, 3.05) is 13.2 Å². The standard InChI is InChI=1S/C44H36N6O4/c51-43(33-19-23-45-24-20-33)49-39(29-37(47-49)31-11-3-1-4-12-31)35-15-7-9-17-41(35)53-27-28-54-42-18-10-8-16-36(42)40-30-38(32-13-5-2-6-14-32)48-50(40)44(52)34-21-25-46-26-22-34/h1-26,39-40H,27-30H2. The summed E-state index contributed by atoms with van der Waals surface area (Å²) in [5.41, 5.74) is 6.26. The number of amides is 2. The number of benzene rings is 4. The minimum Gasteiger partial charge on any atom is -0.490 e. The highest BCUT2D eigenvalue weighted by atomic mass is 16.5. The zero-order valence-electron chi connectivity index (χ0n) is 29.3. The molecule has 0 saturated carbocycles. The van der Waals surface area contributed by atoms with Crippen LogP contribution in [0.2, 0.25) is 0 Å². The van der Waals surface area contributed by atoms with E-state index in [2.05, 4.69) is 9.97 Å². The third-order valence-corrected chi connectivity index (χ3v) is 9.46. The van der Waals surface area contributed by atoms with E-state index in [1.807, 2.05) is 109 Å². The molecule has 54 heavy (non-hydrogen) atoms. The van der Waals surface area contributed by atoms with Gasteiger partial charge in [-0.3, -0.25) is 19.6 Å². The largest absolute Gasteiger partial charge is 0.490 e. The van der Waals surface area contributed by atoms with Crippen LogP contribution in [0, 0.1) is 0 Å². The van der Waals surface area contributed by atoms with Crippen LogP contribution in [0.15, 0.2) is 168 Å². The minimum atomic E-state index is -0.385. The summed E-state index contributed by atoms with van der Waals surface area (Å²) in [5, 5.41) is 12.8. The molecule has 4 aromatic carbocycles. The van der Waals surface area contributed by atoms with E-state index in [-0.39, 0.29) is 37.1 Å². The lowest BCUT2D eigenvalue weighted by molar-refractivity contribution is 0.0699. The Labute approximate surface area is 313 Å². The zero-order chi connectivity index (χ0) is 36.7. The van der Waals surface area contributed by atoms with Gasteiger partial charge in [0.25, 0.3) is 11.8 Å². The molecule has 0 spiro atoms. The van der Waals surface area contributed by atoms with Crippen molar-refractivity contribution in [2.24, 2.45) is 10.2 Å². The molecule has 0 radical (unpaired) electrons. The first-order valence-corrected chi connectivity index (χ1v) is 17.8. The van der Waals surface area contributed by atoms with Crippen molar-refractivity contribution < 1.29 is 19.1 Å². The minimum absolute atomic E-state index is 0.217. The van der Waals surface area contributed by atoms with Crippen molar-refractivity contribution in [3.8, 4) is 11.5 Å². The summed E-state index contributed by atoms with van der Waals surface area (Å²) in [7, 11) is 0. The quantitative estimate of drug-likeness (QED) is 0.126. The maximum atomic E-state index is 13.8. The first-order chi connectivity index (χ1) is 26.6. The Morgan fingerprint density at radius 3 is 1.28 bits per heavy atom. The van der Waals surface area contributed by atoms with Crippen LogP contribution in [0.3, 0.4) is 0 Å². The van der Waals surface area contributed by atoms with Crippen LogP contribution in [-0.4, -0.2) is 56.4 Å². The number of pyridine rings is 2. The van der Waals surface area contributed by atoms with E-state index >= 15 is 0 Å². The van der Waals surface area contributed by atoms with E-state index < -0.39 is 0 Å². The number of carbonyl (C=O) groups excluding carboxylic acids is 2. The van der Waals surface area contributed by atoms with Gasteiger partial charge in [-0.05, 0) is 47.5 Å². The summed E-state index contributed by atoms with van der Waals surface area (Å²) in [4.78, 5) is 35.8. The van der Waals surface area contributed by atoms with Gasteiger partial charge in [-0.25, -0.2) is 10.0 Å². The number of hydrogen-bond acceptors (Lipinski definition) is 8. The van der Waals surface area contributed by atoms with Crippen LogP contribution in [-0.2, 0) is 0 Å². The van der Waals surface area contributed by atoms with Crippen LogP contribution >= 0.6 is 0 Å². The number of carbonyl (C=O) groups is 2. The summed E-state index contributed by atoms with van der Waals surface area (Å²) >= 11 is 0. The van der Waals surface area contributed by atoms with Gasteiger partial charge in [-0.2, -0.15) is 10.2 Å². The van der Waals surface area contributed by atoms with Crippen LogP contribution in [0.5, 0.6) is 11.5 Å². The van der Waals surface area contributed by atoms with Gasteiger partial charge in [0.1, 0.15) is 24.7 Å². The van der Waals surface area contributed by atoms with E-state index in [1.54, 1.807) is 59.1 Å². The Morgan fingerprint density at radius 2 is 0.870 bits per heavy atom. The molecule has 0 saturated heterocycles. The number of rotatable bonds is 11. The van der Waals surface area contributed by atoms with Crippen molar-refractivity contribution in [3.63, 3.8) is 0 Å². The molecule has 2 aliphatic heterocycles. The summed E-state index contributed by atoms with van der Waals surface area (Å²) in [5.74, 6) is 0.848. The van der Waals surface area contributed by atoms with Gasteiger partial charge < -0.3 is 9.47 Å². The molecule has 6 aromatic rings. The molecule has 2 aliphatic rings. The van der Waals surface area contributed by atoms with Gasteiger partial charge in [0, 0.05) is 59.9 Å². The van der Waals surface area contributed by atoms with Crippen LogP contribution in [0.4, 0.5) is 0 Å². The molecule has 0 aliphatic carbocycles. The first kappa shape index (κ1) is 34.2. The number of ether oxygens (including phenoxy) is 2. The topological polar surface area (TPSA) is 110 Å². The Morgan fingerprint density at radius 1 is 0.500 bits per heavy atom. The molecule has 0 N–H and O–H groups in total. The second kappa shape index (κ2) is 15.7. The molecule has 2 aromatic heterocycles. The molecule has 2 atom stereocenters. The van der Waals surface area contributed by atoms with Gasteiger partial charge >= 0.3 is 0 Å². The number of hydrazone groups is 2. The highest BCUT2D eigenvalue weighted by Gasteiger charge is 2.37. The lowest BCUT2D eigenvalue weighted by Gasteiger charge is -2.25. The Bertz CT molecular complexity index is 2140. The van der Waals surface area contributed by atoms with Crippen LogP contribution in [0.25, 0.3) is 0 Å². The highest BCUT2D eigenvalue weighted by molar-refractivity contribution is 6.06. The molecule has 4 heterocycles. The Hall–Kier alpha value is -6.94. The van der Waals surface area contributed by atoms with Gasteiger partial charge in [0.15, 0.2) is 0 Å². The van der Waals surface area contributed by atoms with Crippen molar-refractivity contribution in [3.05, 3.63) is 192 Å². The van der Waals surface area contributed by atoms with Crippen LogP contribution < -0.4 is 9.47 Å². The summed E-state index contributed by atoms with van der Waals surface area (Å²) in [6, 6.07) is 41.3. The second-order valence-corrected chi connectivity index (χ2v) is 12.8. The summed E-state index contributed by atoms with van der Waals surface area (Å²) in [6.45, 7) is 0.470. The van der Waals surface area contributed by atoms with Gasteiger partial charge in [0.05, 0.1) is 23.5 Å². The van der Waals surface area contributed by atoms with Gasteiger partial charge in [0.2, 0.25) is 0 Å². The van der Waals surface area contributed by atoms with Crippen molar-refractivity contribution in [2.45, 2.75) is 24.9 Å². The molecule has 266 valence electrons. The van der Waals surface area contributed by atoms with Crippen molar-refractivity contribution in [1.29, 1.82) is 0 Å². The number of para-hydroxylation sites is 2. The third kappa shape index (κ3) is 7.22. The predicted molar refractivity (Wildman–Crippen MR) is 205 cm³/mol. The first-order valence-electron chi connectivity index (χ1n) is 17.8. The normalized spacial score (nSPS) is 16.4. The fraction of sp³-hybridized carbons (Fsp3) is 0.136. The van der Waals surface area contributed by atoms with Gasteiger partial charge in [-0.1, -0.05) is 97.1 Å². The van der Waals surface area contributed by atoms with Crippen LogP contribution in [0.1, 0.15) is 67.9 Å². The molecule has 0 fully saturated rings. The Balaban J connectivity index is 1.00. The maximum absolute atomic E-state index is 13.8. The van der Waals surface area contributed by atoms with Crippen molar-refractivity contribution in [1.82, 2.24) is 20.0 Å². The van der Waals surface area contributed by atoms with E-state index in [4.69, 9.17) is 19.7 Å². The lowest BCUT2D eigenvalue weighted by atomic mass is 9.97. The summed E-state index contributed by atoms with van der Waals surface area (Å²) in [6.07, 6.45) is 7.46. The second-order valence-electron chi connectivity index (χ2n) is 12.8. The van der Waals surface area contributed by atoms with E-state index in [0.717, 1.165) is 33.7 Å². The molecule has 0 bridgehead atoms. The number of nitrogens with zero attached hydrogens (tertiary/aromatic N) is 6. The molecule has 10 heteroatoms. The molecular weight excluding hydrogens is 677 g/mol. The smallest absolute Gasteiger partial charge is 0.274 e. The van der Waals surface area contributed by atoms with E-state index in [1.165, 1.54) is 0 Å². The SMILES string of the molecule is O=C(c1ccncc1)N1N=C(c2ccccc2)CC1c1ccccc1OCCOc1ccccc1C1CC(c2ccccc2)=NN1C(=O)c1ccncc1. The average molecular weight is 713 g/mol. The number of aromatic nitrogens is 2. The van der Waals surface area contributed by atoms with Gasteiger partial charge in [-0.15, -0.1) is 0 Å². The molecule has 8 rings (SSSR count). The molecule has 10 nitrogen and oxygen atoms in total. The Kier molecular flexibility index (Phi) is 9.96. The van der Waals surface area contributed by atoms with E-state index in [9.17, 15) is 9.59 Å².